The number of carbonyl (C=O) groups is 1. The second kappa shape index (κ2) is 3.77. The smallest absolute Gasteiger partial charge is 0.339 e. The van der Waals surface area contributed by atoms with Crippen LogP contribution in [0.15, 0.2) is 12.3 Å². The number of hydrogen-bond donors (Lipinski definition) is 3. The van der Waals surface area contributed by atoms with Gasteiger partial charge in [-0.2, -0.15) is 0 Å². The topological polar surface area (TPSA) is 102 Å². The normalized spacial score (nSPS) is 8.67. The van der Waals surface area contributed by atoms with Crippen LogP contribution >= 0.6 is 12.4 Å². The van der Waals surface area contributed by atoms with Crippen molar-refractivity contribution in [1.82, 2.24) is 4.98 Å². The minimum absolute atomic E-state index is 0. The Balaban J connectivity index is 0.00000121. The zero-order valence-electron chi connectivity index (χ0n) is 6.02. The molecule has 0 amide bonds. The van der Waals surface area contributed by atoms with Gasteiger partial charge in [0, 0.05) is 12.3 Å². The lowest BCUT2D eigenvalue weighted by molar-refractivity contribution is 0.0697. The van der Waals surface area contributed by atoms with Crippen molar-refractivity contribution in [2.45, 2.75) is 0 Å². The highest BCUT2D eigenvalue weighted by Crippen LogP contribution is 2.11. The Kier molecular flexibility index (Phi) is 3.30. The Hall–Kier alpha value is -1.49. The van der Waals surface area contributed by atoms with Gasteiger partial charge in [-0.3, -0.25) is 0 Å². The molecule has 12 heavy (non-hydrogen) atoms. The molecule has 0 radical (unpaired) electrons. The molecule has 0 aromatic carbocycles. The number of carboxylic acids is 1. The predicted molar refractivity (Wildman–Crippen MR) is 47.3 cm³/mol. The minimum atomic E-state index is -1.10. The summed E-state index contributed by atoms with van der Waals surface area (Å²) in [6.07, 6.45) is 1.13. The van der Waals surface area contributed by atoms with Crippen molar-refractivity contribution >= 4 is 29.9 Å². The van der Waals surface area contributed by atoms with Gasteiger partial charge in [0.25, 0.3) is 0 Å². The average Bonchev–Trinajstić information content (AvgIpc) is 1.85. The van der Waals surface area contributed by atoms with Gasteiger partial charge in [0.15, 0.2) is 0 Å². The van der Waals surface area contributed by atoms with Crippen molar-refractivity contribution in [1.29, 1.82) is 0 Å². The van der Waals surface area contributed by atoms with E-state index in [-0.39, 0.29) is 29.5 Å². The number of halogens is 1. The van der Waals surface area contributed by atoms with Gasteiger partial charge in [-0.1, -0.05) is 0 Å². The third-order valence-corrected chi connectivity index (χ3v) is 1.19. The maximum atomic E-state index is 10.4. The number of aromatic nitrogens is 1. The monoisotopic (exact) mass is 189 g/mol. The molecule has 0 aliphatic rings. The van der Waals surface area contributed by atoms with Crippen LogP contribution in [0.5, 0.6) is 0 Å². The van der Waals surface area contributed by atoms with Crippen LogP contribution in [0, 0.1) is 0 Å². The fourth-order valence-electron chi connectivity index (χ4n) is 0.667. The van der Waals surface area contributed by atoms with E-state index in [0.717, 1.165) is 6.20 Å². The van der Waals surface area contributed by atoms with Gasteiger partial charge in [-0.15, -0.1) is 12.4 Å². The van der Waals surface area contributed by atoms with Crippen LogP contribution in [0.4, 0.5) is 11.5 Å². The molecule has 0 bridgehead atoms. The van der Waals surface area contributed by atoms with E-state index in [9.17, 15) is 4.79 Å². The first-order valence-corrected chi connectivity index (χ1v) is 2.85. The molecule has 1 rings (SSSR count). The number of hydrogen-bond acceptors (Lipinski definition) is 4. The van der Waals surface area contributed by atoms with Gasteiger partial charge in [0.1, 0.15) is 11.4 Å². The Morgan fingerprint density at radius 1 is 1.50 bits per heavy atom. The summed E-state index contributed by atoms with van der Waals surface area (Å²) in [5, 5.41) is 8.50. The third-order valence-electron chi connectivity index (χ3n) is 1.19. The quantitative estimate of drug-likeness (QED) is 0.592. The van der Waals surface area contributed by atoms with Crippen molar-refractivity contribution in [3.8, 4) is 0 Å². The highest BCUT2D eigenvalue weighted by atomic mass is 35.5. The summed E-state index contributed by atoms with van der Waals surface area (Å²) in [6.45, 7) is 0. The van der Waals surface area contributed by atoms with E-state index < -0.39 is 5.97 Å². The lowest BCUT2D eigenvalue weighted by Crippen LogP contribution is -2.04. The third kappa shape index (κ3) is 2.00. The molecule has 0 aliphatic heterocycles. The zero-order chi connectivity index (χ0) is 8.43. The van der Waals surface area contributed by atoms with E-state index in [1.165, 1.54) is 6.07 Å². The van der Waals surface area contributed by atoms with E-state index >= 15 is 0 Å². The van der Waals surface area contributed by atoms with Gasteiger partial charge in [0.05, 0.1) is 5.69 Å². The van der Waals surface area contributed by atoms with Crippen LogP contribution in [-0.4, -0.2) is 16.1 Å². The molecular weight excluding hydrogens is 182 g/mol. The van der Waals surface area contributed by atoms with Crippen LogP contribution in [0.3, 0.4) is 0 Å². The maximum Gasteiger partial charge on any atom is 0.339 e. The number of pyridine rings is 1. The second-order valence-electron chi connectivity index (χ2n) is 2.00. The van der Waals surface area contributed by atoms with Crippen LogP contribution in [0.2, 0.25) is 0 Å². The molecule has 0 saturated carbocycles. The molecular formula is C6H8ClN3O2. The number of carboxylic acid groups (broad SMARTS) is 1. The molecule has 1 heterocycles. The van der Waals surface area contributed by atoms with E-state index in [0.29, 0.717) is 0 Å². The molecule has 0 atom stereocenters. The minimum Gasteiger partial charge on any atom is -0.478 e. The standard InChI is InChI=1S/C6H7N3O2.ClH/c7-4-1-5(8)9-2-3(4)6(10)11;/h1-2H,(H,10,11)(H4,7,8,9);1H. The molecule has 1 aromatic rings. The molecule has 0 saturated heterocycles. The number of anilines is 2. The lowest BCUT2D eigenvalue weighted by atomic mass is 10.2. The van der Waals surface area contributed by atoms with Crippen LogP contribution in [0.1, 0.15) is 10.4 Å². The fourth-order valence-corrected chi connectivity index (χ4v) is 0.667. The molecule has 6 heteroatoms. The maximum absolute atomic E-state index is 10.4. The van der Waals surface area contributed by atoms with Crippen LogP contribution < -0.4 is 11.5 Å². The average molecular weight is 190 g/mol. The van der Waals surface area contributed by atoms with E-state index in [1.54, 1.807) is 0 Å². The highest BCUT2D eigenvalue weighted by Gasteiger charge is 2.07. The van der Waals surface area contributed by atoms with Crippen molar-refractivity contribution in [2.75, 3.05) is 11.5 Å². The lowest BCUT2D eigenvalue weighted by Gasteiger charge is -1.99. The molecule has 0 spiro atoms. The molecule has 5 N–H and O–H groups in total. The SMILES string of the molecule is Cl.Nc1cc(N)c(C(=O)O)cn1. The van der Waals surface area contributed by atoms with Crippen LogP contribution in [0.25, 0.3) is 0 Å². The van der Waals surface area contributed by atoms with Gasteiger partial charge in [-0.05, 0) is 0 Å². The second-order valence-corrected chi connectivity index (χ2v) is 2.00. The number of nitrogens with two attached hydrogens (primary N) is 2. The Labute approximate surface area is 74.8 Å². The van der Waals surface area contributed by atoms with Gasteiger partial charge in [0.2, 0.25) is 0 Å². The van der Waals surface area contributed by atoms with Gasteiger partial charge in [-0.25, -0.2) is 9.78 Å². The first-order valence-electron chi connectivity index (χ1n) is 2.85. The molecule has 1 aromatic heterocycles. The number of rotatable bonds is 1. The Bertz CT molecular complexity index is 303. The summed E-state index contributed by atoms with van der Waals surface area (Å²) >= 11 is 0. The van der Waals surface area contributed by atoms with Gasteiger partial charge < -0.3 is 16.6 Å². The molecule has 66 valence electrons. The molecule has 0 aliphatic carbocycles. The van der Waals surface area contributed by atoms with E-state index in [4.69, 9.17) is 16.6 Å². The summed E-state index contributed by atoms with van der Waals surface area (Å²) in [5.74, 6) is -0.887. The first kappa shape index (κ1) is 10.5. The number of nitrogens with zero attached hydrogens (tertiary/aromatic N) is 1. The largest absolute Gasteiger partial charge is 0.478 e. The summed E-state index contributed by atoms with van der Waals surface area (Å²) in [6, 6.07) is 1.31. The Morgan fingerprint density at radius 2 is 2.08 bits per heavy atom. The molecule has 5 nitrogen and oxygen atoms in total. The molecule has 0 fully saturated rings. The van der Waals surface area contributed by atoms with Crippen LogP contribution in [-0.2, 0) is 0 Å². The van der Waals surface area contributed by atoms with Gasteiger partial charge >= 0.3 is 5.97 Å². The zero-order valence-corrected chi connectivity index (χ0v) is 6.84. The van der Waals surface area contributed by atoms with Crippen molar-refractivity contribution in [2.24, 2.45) is 0 Å². The number of aromatic carboxylic acids is 1. The summed E-state index contributed by atoms with van der Waals surface area (Å²) in [5.41, 5.74) is 10.7. The van der Waals surface area contributed by atoms with Crippen molar-refractivity contribution in [3.05, 3.63) is 17.8 Å². The summed E-state index contributed by atoms with van der Waals surface area (Å²) < 4.78 is 0. The summed E-state index contributed by atoms with van der Waals surface area (Å²) in [4.78, 5) is 14.0. The van der Waals surface area contributed by atoms with E-state index in [2.05, 4.69) is 4.98 Å². The molecule has 0 unspecified atom stereocenters. The van der Waals surface area contributed by atoms with Crippen molar-refractivity contribution < 1.29 is 9.90 Å². The first-order chi connectivity index (χ1) is 5.11. The predicted octanol–water partition coefficient (Wildman–Crippen LogP) is 0.366. The fraction of sp³-hybridized carbons (Fsp3) is 0. The van der Waals surface area contributed by atoms with Crippen molar-refractivity contribution in [3.63, 3.8) is 0 Å². The Morgan fingerprint density at radius 3 is 2.50 bits per heavy atom. The highest BCUT2D eigenvalue weighted by molar-refractivity contribution is 5.93. The van der Waals surface area contributed by atoms with E-state index in [1.807, 2.05) is 0 Å². The number of nitrogen functional groups attached to an aromatic ring is 2. The summed E-state index contributed by atoms with van der Waals surface area (Å²) in [7, 11) is 0.